The number of piperazine rings is 1. The second-order valence-corrected chi connectivity index (χ2v) is 6.75. The molecule has 1 aliphatic rings. The fraction of sp³-hybridized carbons (Fsp3) is 0.524. The summed E-state index contributed by atoms with van der Waals surface area (Å²) in [5.74, 6) is 1.65. The van der Waals surface area contributed by atoms with Crippen molar-refractivity contribution >= 4 is 10.8 Å². The molecule has 1 fully saturated rings. The molecule has 2 atom stereocenters. The topological polar surface area (TPSA) is 24.5 Å². The lowest BCUT2D eigenvalue weighted by atomic mass is 9.87. The second kappa shape index (κ2) is 8.00. The minimum absolute atomic E-state index is 0.407. The van der Waals surface area contributed by atoms with Crippen molar-refractivity contribution in [2.45, 2.75) is 33.2 Å². The lowest BCUT2D eigenvalue weighted by molar-refractivity contribution is 0.126. The van der Waals surface area contributed by atoms with Crippen molar-refractivity contribution in [2.24, 2.45) is 5.92 Å². The molecule has 3 heteroatoms. The molecule has 0 amide bonds. The third-order valence-electron chi connectivity index (χ3n) is 5.25. The van der Waals surface area contributed by atoms with E-state index in [9.17, 15) is 0 Å². The molecular formula is C21H30N2O. The molecule has 0 saturated carbocycles. The maximum atomic E-state index is 6.07. The van der Waals surface area contributed by atoms with E-state index in [0.717, 1.165) is 31.9 Å². The van der Waals surface area contributed by atoms with Gasteiger partial charge < -0.3 is 10.1 Å². The van der Waals surface area contributed by atoms with E-state index in [1.807, 2.05) is 0 Å². The highest BCUT2D eigenvalue weighted by Crippen LogP contribution is 2.41. The van der Waals surface area contributed by atoms with E-state index in [1.54, 1.807) is 0 Å². The Labute approximate surface area is 146 Å². The molecule has 0 radical (unpaired) electrons. The van der Waals surface area contributed by atoms with Crippen molar-refractivity contribution in [3.8, 4) is 5.75 Å². The van der Waals surface area contributed by atoms with Crippen molar-refractivity contribution in [1.29, 1.82) is 0 Å². The molecular weight excluding hydrogens is 296 g/mol. The molecule has 0 bridgehead atoms. The fourth-order valence-corrected chi connectivity index (χ4v) is 3.87. The summed E-state index contributed by atoms with van der Waals surface area (Å²) in [5, 5.41) is 6.13. The molecule has 1 aliphatic heterocycles. The third-order valence-corrected chi connectivity index (χ3v) is 5.25. The van der Waals surface area contributed by atoms with E-state index in [1.165, 1.54) is 22.8 Å². The van der Waals surface area contributed by atoms with E-state index >= 15 is 0 Å². The number of nitrogens with zero attached hydrogens (tertiary/aromatic N) is 1. The lowest BCUT2D eigenvalue weighted by Crippen LogP contribution is -2.46. The van der Waals surface area contributed by atoms with Crippen LogP contribution in [0.5, 0.6) is 5.75 Å². The zero-order valence-electron chi connectivity index (χ0n) is 15.2. The summed E-state index contributed by atoms with van der Waals surface area (Å²) in [4.78, 5) is 2.65. The second-order valence-electron chi connectivity index (χ2n) is 6.75. The van der Waals surface area contributed by atoms with Crippen LogP contribution in [0.3, 0.4) is 0 Å². The largest absolute Gasteiger partial charge is 0.494 e. The van der Waals surface area contributed by atoms with Crippen LogP contribution in [0.25, 0.3) is 10.8 Å². The van der Waals surface area contributed by atoms with E-state index in [2.05, 4.69) is 67.4 Å². The van der Waals surface area contributed by atoms with Gasteiger partial charge >= 0.3 is 0 Å². The minimum Gasteiger partial charge on any atom is -0.494 e. The van der Waals surface area contributed by atoms with Crippen molar-refractivity contribution in [3.63, 3.8) is 0 Å². The lowest BCUT2D eigenvalue weighted by Gasteiger charge is -2.39. The van der Waals surface area contributed by atoms with Gasteiger partial charge in [0.2, 0.25) is 0 Å². The zero-order chi connectivity index (χ0) is 16.9. The highest BCUT2D eigenvalue weighted by molar-refractivity contribution is 5.88. The van der Waals surface area contributed by atoms with Crippen molar-refractivity contribution in [2.75, 3.05) is 32.8 Å². The van der Waals surface area contributed by atoms with E-state index < -0.39 is 0 Å². The molecule has 1 saturated heterocycles. The van der Waals surface area contributed by atoms with Gasteiger partial charge in [0.1, 0.15) is 5.75 Å². The van der Waals surface area contributed by atoms with Gasteiger partial charge in [-0.05, 0) is 29.7 Å². The molecule has 24 heavy (non-hydrogen) atoms. The summed E-state index contributed by atoms with van der Waals surface area (Å²) in [5.41, 5.74) is 1.38. The first-order chi connectivity index (χ1) is 11.8. The molecule has 0 spiro atoms. The summed E-state index contributed by atoms with van der Waals surface area (Å²) in [7, 11) is 0. The Hall–Kier alpha value is -1.58. The number of fused-ring (bicyclic) bond motifs is 1. The van der Waals surface area contributed by atoms with Crippen LogP contribution in [0.1, 0.15) is 38.8 Å². The van der Waals surface area contributed by atoms with Crippen LogP contribution in [0, 0.1) is 5.92 Å². The summed E-state index contributed by atoms with van der Waals surface area (Å²) in [6.07, 6.45) is 1.17. The van der Waals surface area contributed by atoms with Gasteiger partial charge in [0.25, 0.3) is 0 Å². The Bertz CT molecular complexity index is 664. The van der Waals surface area contributed by atoms with Crippen LogP contribution in [0.4, 0.5) is 0 Å². The van der Waals surface area contributed by atoms with Crippen LogP contribution >= 0.6 is 0 Å². The zero-order valence-corrected chi connectivity index (χ0v) is 15.2. The molecule has 3 rings (SSSR count). The molecule has 130 valence electrons. The molecule has 1 heterocycles. The Morgan fingerprint density at radius 2 is 1.83 bits per heavy atom. The quantitative estimate of drug-likeness (QED) is 0.860. The smallest absolute Gasteiger partial charge is 0.124 e. The van der Waals surface area contributed by atoms with Crippen molar-refractivity contribution in [1.82, 2.24) is 10.2 Å². The highest BCUT2D eigenvalue weighted by Gasteiger charge is 2.30. The van der Waals surface area contributed by atoms with Crippen LogP contribution in [0.2, 0.25) is 0 Å². The number of hydrogen-bond acceptors (Lipinski definition) is 3. The maximum absolute atomic E-state index is 6.07. The first-order valence-electron chi connectivity index (χ1n) is 9.35. The Morgan fingerprint density at radius 3 is 2.54 bits per heavy atom. The first kappa shape index (κ1) is 17.2. The first-order valence-corrected chi connectivity index (χ1v) is 9.35. The molecule has 3 nitrogen and oxygen atoms in total. The van der Waals surface area contributed by atoms with E-state index in [-0.39, 0.29) is 0 Å². The molecule has 2 aromatic rings. The Morgan fingerprint density at radius 1 is 1.08 bits per heavy atom. The SMILES string of the molecule is CCOc1ccc2ccccc2c1[C@H](C(C)CC)N1CCNCC1. The predicted molar refractivity (Wildman–Crippen MR) is 102 cm³/mol. The third kappa shape index (κ3) is 3.42. The van der Waals surface area contributed by atoms with E-state index in [4.69, 9.17) is 4.74 Å². The van der Waals surface area contributed by atoms with Gasteiger partial charge in [0.05, 0.1) is 6.61 Å². The van der Waals surface area contributed by atoms with Crippen molar-refractivity contribution < 1.29 is 4.74 Å². The number of benzene rings is 2. The predicted octanol–water partition coefficient (Wildman–Crippen LogP) is 4.23. The maximum Gasteiger partial charge on any atom is 0.124 e. The number of nitrogens with one attached hydrogen (secondary N) is 1. The monoisotopic (exact) mass is 326 g/mol. The van der Waals surface area contributed by atoms with Gasteiger partial charge in [-0.15, -0.1) is 0 Å². The molecule has 0 aliphatic carbocycles. The molecule has 0 aromatic heterocycles. The normalized spacial score (nSPS) is 18.5. The molecule has 2 aromatic carbocycles. The Kier molecular flexibility index (Phi) is 5.75. The summed E-state index contributed by atoms with van der Waals surface area (Å²) in [6.45, 7) is 11.8. The van der Waals surface area contributed by atoms with Crippen LogP contribution in [-0.2, 0) is 0 Å². The van der Waals surface area contributed by atoms with Crippen LogP contribution < -0.4 is 10.1 Å². The fourth-order valence-electron chi connectivity index (χ4n) is 3.87. The van der Waals surface area contributed by atoms with Crippen LogP contribution in [0.15, 0.2) is 36.4 Å². The summed E-state index contributed by atoms with van der Waals surface area (Å²) in [6, 6.07) is 13.5. The van der Waals surface area contributed by atoms with Crippen molar-refractivity contribution in [3.05, 3.63) is 42.0 Å². The molecule has 1 N–H and O–H groups in total. The summed E-state index contributed by atoms with van der Waals surface area (Å²) >= 11 is 0. The van der Waals surface area contributed by atoms with Gasteiger partial charge in [0.15, 0.2) is 0 Å². The Balaban J connectivity index is 2.15. The number of rotatable bonds is 6. The van der Waals surface area contributed by atoms with E-state index in [0.29, 0.717) is 18.6 Å². The standard InChI is InChI=1S/C21H30N2O/c1-4-16(3)21(23-14-12-22-13-15-23)20-18-9-7-6-8-17(18)10-11-19(20)24-5-2/h6-11,16,21-22H,4-5,12-15H2,1-3H3/t16?,21-/m0/s1. The minimum atomic E-state index is 0.407. The van der Waals surface area contributed by atoms with Gasteiger partial charge in [-0.2, -0.15) is 0 Å². The molecule has 1 unspecified atom stereocenters. The summed E-state index contributed by atoms with van der Waals surface area (Å²) < 4.78 is 6.07. The number of hydrogen-bond donors (Lipinski definition) is 1. The average molecular weight is 326 g/mol. The van der Waals surface area contributed by atoms with Gasteiger partial charge in [0, 0.05) is 37.8 Å². The van der Waals surface area contributed by atoms with Gasteiger partial charge in [-0.3, -0.25) is 4.90 Å². The van der Waals surface area contributed by atoms with Gasteiger partial charge in [-0.1, -0.05) is 50.6 Å². The van der Waals surface area contributed by atoms with Crippen LogP contribution in [-0.4, -0.2) is 37.7 Å². The highest BCUT2D eigenvalue weighted by atomic mass is 16.5. The average Bonchev–Trinajstić information content (AvgIpc) is 2.64. The number of ether oxygens (including phenoxy) is 1. The van der Waals surface area contributed by atoms with Gasteiger partial charge in [-0.25, -0.2) is 0 Å².